The molecule has 10 rings (SSSR count). The zero-order chi connectivity index (χ0) is 46.8. The van der Waals surface area contributed by atoms with Gasteiger partial charge in [0.05, 0.1) is 12.8 Å². The maximum atomic E-state index is 13.0. The maximum Gasteiger partial charge on any atom is 0.519 e. The van der Waals surface area contributed by atoms with Crippen molar-refractivity contribution in [1.82, 2.24) is 0 Å². The van der Waals surface area contributed by atoms with E-state index in [2.05, 4.69) is 128 Å². The Morgan fingerprint density at radius 2 is 0.956 bits per heavy atom. The third-order valence-electron chi connectivity index (χ3n) is 12.6. The molecule has 0 heterocycles. The summed E-state index contributed by atoms with van der Waals surface area (Å²) in [6.45, 7) is 5.58. The summed E-state index contributed by atoms with van der Waals surface area (Å²) in [5, 5.41) is 7.44. The fourth-order valence-electron chi connectivity index (χ4n) is 9.04. The summed E-state index contributed by atoms with van der Waals surface area (Å²) < 4.78 is 21.9. The van der Waals surface area contributed by atoms with Crippen molar-refractivity contribution in [2.45, 2.75) is 26.2 Å². The van der Waals surface area contributed by atoms with Gasteiger partial charge in [-0.1, -0.05) is 141 Å². The molecule has 0 N–H and O–H groups in total. The topological polar surface area (TPSA) is 74.3 Å². The molecule has 0 aliphatic rings. The van der Waals surface area contributed by atoms with Gasteiger partial charge in [0.2, 0.25) is 0 Å². The van der Waals surface area contributed by atoms with E-state index < -0.39 is 6.16 Å². The van der Waals surface area contributed by atoms with Gasteiger partial charge >= 0.3 is 12.1 Å². The van der Waals surface area contributed by atoms with Crippen molar-refractivity contribution in [2.75, 3.05) is 12.0 Å². The summed E-state index contributed by atoms with van der Waals surface area (Å²) in [6, 6.07) is 69.2. The van der Waals surface area contributed by atoms with Crippen LogP contribution >= 0.6 is 0 Å². The third-order valence-corrected chi connectivity index (χ3v) is 12.6. The van der Waals surface area contributed by atoms with Crippen molar-refractivity contribution >= 4 is 73.2 Å². The second-order valence-corrected chi connectivity index (χ2v) is 17.2. The first-order chi connectivity index (χ1) is 33.1. The molecule has 7 nitrogen and oxygen atoms in total. The number of anilines is 3. The fourth-order valence-corrected chi connectivity index (χ4v) is 9.04. The minimum Gasteiger partial charge on any atom is -0.497 e. The number of esters is 1. The average Bonchev–Trinajstić information content (AvgIpc) is 3.36. The zero-order valence-corrected chi connectivity index (χ0v) is 38.1. The summed E-state index contributed by atoms with van der Waals surface area (Å²) in [5.74, 6) is 1.60. The van der Waals surface area contributed by atoms with Crippen LogP contribution < -0.4 is 23.8 Å². The second-order valence-electron chi connectivity index (χ2n) is 17.2. The Morgan fingerprint density at radius 3 is 1.51 bits per heavy atom. The number of carbonyl (C=O) groups is 2. The van der Waals surface area contributed by atoms with Crippen molar-refractivity contribution < 1.29 is 28.5 Å². The predicted molar refractivity (Wildman–Crippen MR) is 274 cm³/mol. The van der Waals surface area contributed by atoms with Crippen LogP contribution in [0.4, 0.5) is 21.9 Å². The number of benzene rings is 10. The van der Waals surface area contributed by atoms with E-state index in [1.165, 1.54) is 39.2 Å². The molecule has 0 radical (unpaired) electrons. The number of methoxy groups -OCH3 is 1. The standard InChI is InChI=1S/C61H47NO6/c1-40(63)66-52-33-23-47(24-34-52)61(2,3)48-25-35-54(36-26-48)68-60(64)67-53-31-19-43(20-32-53)56(42-17-29-51(65-4)30-18-42)39-41-13-27-50(28-14-41)62(49-11-6-5-7-12-49)57-38-22-46-16-15-44-9-8-10-45-21-37-55(57)59(46)58(44)45/h5-39H,1-4H3. The van der Waals surface area contributed by atoms with Crippen LogP contribution in [0.3, 0.4) is 0 Å². The van der Waals surface area contributed by atoms with Crippen LogP contribution in [0.2, 0.25) is 0 Å². The molecule has 7 heteroatoms. The van der Waals surface area contributed by atoms with Crippen LogP contribution in [0.5, 0.6) is 23.0 Å². The van der Waals surface area contributed by atoms with Crippen molar-refractivity contribution in [2.24, 2.45) is 0 Å². The largest absolute Gasteiger partial charge is 0.519 e. The van der Waals surface area contributed by atoms with Crippen molar-refractivity contribution in [3.05, 3.63) is 234 Å². The molecule has 0 spiro atoms. The first-order valence-corrected chi connectivity index (χ1v) is 22.5. The second kappa shape index (κ2) is 18.3. The van der Waals surface area contributed by atoms with Crippen molar-refractivity contribution in [3.63, 3.8) is 0 Å². The predicted octanol–water partition coefficient (Wildman–Crippen LogP) is 15.5. The average molecular weight is 890 g/mol. The fraction of sp³-hybridized carbons (Fsp3) is 0.0820. The molecule has 0 aliphatic heterocycles. The Bertz CT molecular complexity index is 3420. The zero-order valence-electron chi connectivity index (χ0n) is 38.1. The Labute approximate surface area is 395 Å². The van der Waals surface area contributed by atoms with E-state index in [4.69, 9.17) is 18.9 Å². The molecule has 10 aromatic carbocycles. The van der Waals surface area contributed by atoms with E-state index in [-0.39, 0.29) is 11.4 Å². The highest BCUT2D eigenvalue weighted by molar-refractivity contribution is 6.25. The number of ether oxygens (including phenoxy) is 4. The molecule has 10 aromatic rings. The molecule has 0 aliphatic carbocycles. The Morgan fingerprint density at radius 1 is 0.471 bits per heavy atom. The Hall–Kier alpha value is -8.68. The highest BCUT2D eigenvalue weighted by Crippen LogP contribution is 2.44. The molecule has 0 atom stereocenters. The van der Waals surface area contributed by atoms with Gasteiger partial charge in [0.25, 0.3) is 0 Å². The van der Waals surface area contributed by atoms with E-state index in [1.54, 1.807) is 43.5 Å². The SMILES string of the molecule is COc1ccc(C(=Cc2ccc(N(c3ccccc3)c3ccc4ccc5cccc6ccc3c4c56)cc2)c2ccc(OC(=O)Oc3ccc(C(C)(C)c4ccc(OC(C)=O)cc4)cc3)cc2)cc1. The van der Waals surface area contributed by atoms with Gasteiger partial charge in [-0.25, -0.2) is 4.79 Å². The smallest absolute Gasteiger partial charge is 0.497 e. The maximum absolute atomic E-state index is 13.0. The lowest BCUT2D eigenvalue weighted by Crippen LogP contribution is -2.19. The molecule has 0 amide bonds. The first-order valence-electron chi connectivity index (χ1n) is 22.5. The van der Waals surface area contributed by atoms with Crippen LogP contribution in [0.25, 0.3) is 44.0 Å². The van der Waals surface area contributed by atoms with Crippen LogP contribution in [0.1, 0.15) is 48.6 Å². The van der Waals surface area contributed by atoms with Crippen LogP contribution in [-0.4, -0.2) is 19.2 Å². The van der Waals surface area contributed by atoms with E-state index in [0.29, 0.717) is 17.2 Å². The van der Waals surface area contributed by atoms with Crippen LogP contribution in [0, 0.1) is 0 Å². The summed E-state index contributed by atoms with van der Waals surface area (Å²) in [4.78, 5) is 26.7. The highest BCUT2D eigenvalue weighted by atomic mass is 16.7. The number of hydrogen-bond acceptors (Lipinski definition) is 7. The van der Waals surface area contributed by atoms with Gasteiger partial charge in [0.1, 0.15) is 23.0 Å². The number of para-hydroxylation sites is 1. The quantitative estimate of drug-likeness (QED) is 0.0398. The van der Waals surface area contributed by atoms with E-state index in [9.17, 15) is 9.59 Å². The van der Waals surface area contributed by atoms with E-state index >= 15 is 0 Å². The highest BCUT2D eigenvalue weighted by Gasteiger charge is 2.24. The van der Waals surface area contributed by atoms with Gasteiger partial charge in [0.15, 0.2) is 0 Å². The number of carbonyl (C=O) groups excluding carboxylic acids is 2. The van der Waals surface area contributed by atoms with E-state index in [1.807, 2.05) is 66.7 Å². The minimum absolute atomic E-state index is 0.347. The molecule has 68 heavy (non-hydrogen) atoms. The number of rotatable bonds is 12. The molecule has 0 bridgehead atoms. The molecule has 0 fully saturated rings. The summed E-state index contributed by atoms with van der Waals surface area (Å²) >= 11 is 0. The normalized spacial score (nSPS) is 11.7. The lowest BCUT2D eigenvalue weighted by Gasteiger charge is -2.27. The lowest BCUT2D eigenvalue weighted by molar-refractivity contribution is -0.131. The molecule has 0 unspecified atom stereocenters. The van der Waals surface area contributed by atoms with Gasteiger partial charge in [-0.15, -0.1) is 0 Å². The van der Waals surface area contributed by atoms with Crippen LogP contribution in [0.15, 0.2) is 206 Å². The van der Waals surface area contributed by atoms with Crippen molar-refractivity contribution in [3.8, 4) is 23.0 Å². The van der Waals surface area contributed by atoms with Gasteiger partial charge < -0.3 is 23.8 Å². The molecular weight excluding hydrogens is 843 g/mol. The monoisotopic (exact) mass is 889 g/mol. The van der Waals surface area contributed by atoms with Gasteiger partial charge in [0, 0.05) is 29.1 Å². The lowest BCUT2D eigenvalue weighted by atomic mass is 9.78. The van der Waals surface area contributed by atoms with Gasteiger partial charge in [-0.05, 0) is 145 Å². The molecule has 332 valence electrons. The number of nitrogens with zero attached hydrogens (tertiary/aromatic N) is 1. The molecule has 0 aromatic heterocycles. The Balaban J connectivity index is 0.899. The first kappa shape index (κ1) is 43.2. The third kappa shape index (κ3) is 8.73. The summed E-state index contributed by atoms with van der Waals surface area (Å²) in [7, 11) is 1.66. The van der Waals surface area contributed by atoms with E-state index in [0.717, 1.165) is 56.2 Å². The van der Waals surface area contributed by atoms with Crippen LogP contribution in [-0.2, 0) is 10.2 Å². The summed E-state index contributed by atoms with van der Waals surface area (Å²) in [6.07, 6.45) is 1.32. The van der Waals surface area contributed by atoms with Gasteiger partial charge in [-0.3, -0.25) is 4.79 Å². The summed E-state index contributed by atoms with van der Waals surface area (Å²) in [5.41, 5.74) is 8.80. The molecule has 0 saturated carbocycles. The minimum atomic E-state index is -0.844. The molecule has 0 saturated heterocycles. The number of hydrogen-bond donors (Lipinski definition) is 0. The molecular formula is C61H47NO6. The van der Waals surface area contributed by atoms with Gasteiger partial charge in [-0.2, -0.15) is 0 Å². The van der Waals surface area contributed by atoms with Crippen molar-refractivity contribution in [1.29, 1.82) is 0 Å². The Kier molecular flexibility index (Phi) is 11.6.